The summed E-state index contributed by atoms with van der Waals surface area (Å²) < 4.78 is 0. The molecule has 92 valence electrons. The fourth-order valence-corrected chi connectivity index (χ4v) is 2.26. The number of nitrogens with two attached hydrogens (primary N) is 1. The fraction of sp³-hybridized carbons (Fsp3) is 0.462. The number of amides is 1. The quantitative estimate of drug-likeness (QED) is 0.710. The molecule has 2 rings (SSSR count). The van der Waals surface area contributed by atoms with Crippen molar-refractivity contribution in [1.82, 2.24) is 5.32 Å². The third kappa shape index (κ3) is 2.65. The molecule has 0 saturated heterocycles. The Morgan fingerprint density at radius 3 is 3.00 bits per heavy atom. The third-order valence-electron chi connectivity index (χ3n) is 3.13. The van der Waals surface area contributed by atoms with Crippen LogP contribution >= 0.6 is 0 Å². The first-order chi connectivity index (χ1) is 8.22. The van der Waals surface area contributed by atoms with Gasteiger partial charge < -0.3 is 16.2 Å². The van der Waals surface area contributed by atoms with Crippen molar-refractivity contribution in [2.45, 2.75) is 31.4 Å². The van der Waals surface area contributed by atoms with E-state index < -0.39 is 6.10 Å². The molecule has 4 heteroatoms. The molecule has 1 aromatic rings. The number of hydrogen-bond donors (Lipinski definition) is 3. The van der Waals surface area contributed by atoms with Crippen molar-refractivity contribution in [2.24, 2.45) is 5.73 Å². The highest BCUT2D eigenvalue weighted by Crippen LogP contribution is 2.31. The van der Waals surface area contributed by atoms with Gasteiger partial charge in [0.25, 0.3) is 0 Å². The topological polar surface area (TPSA) is 75.4 Å². The van der Waals surface area contributed by atoms with Gasteiger partial charge in [-0.15, -0.1) is 0 Å². The summed E-state index contributed by atoms with van der Waals surface area (Å²) >= 11 is 0. The summed E-state index contributed by atoms with van der Waals surface area (Å²) in [5, 5.41) is 12.8. The Morgan fingerprint density at radius 1 is 1.47 bits per heavy atom. The Bertz CT molecular complexity index is 406. The average Bonchev–Trinajstić information content (AvgIpc) is 2.64. The molecule has 0 bridgehead atoms. The second-order valence-electron chi connectivity index (χ2n) is 4.41. The Hall–Kier alpha value is -1.39. The predicted molar refractivity (Wildman–Crippen MR) is 65.3 cm³/mol. The zero-order chi connectivity index (χ0) is 12.3. The summed E-state index contributed by atoms with van der Waals surface area (Å²) in [5.74, 6) is -0.0452. The number of carbonyl (C=O) groups is 1. The molecule has 2 atom stereocenters. The van der Waals surface area contributed by atoms with Gasteiger partial charge in [0.1, 0.15) is 0 Å². The van der Waals surface area contributed by atoms with Gasteiger partial charge in [0.2, 0.25) is 5.91 Å². The van der Waals surface area contributed by atoms with Crippen LogP contribution in [0.1, 0.15) is 30.0 Å². The molecule has 0 heterocycles. The van der Waals surface area contributed by atoms with Crippen LogP contribution < -0.4 is 11.1 Å². The number of benzene rings is 1. The van der Waals surface area contributed by atoms with Gasteiger partial charge in [-0.25, -0.2) is 0 Å². The van der Waals surface area contributed by atoms with Gasteiger partial charge in [-0.3, -0.25) is 4.79 Å². The summed E-state index contributed by atoms with van der Waals surface area (Å²) in [7, 11) is 0. The maximum absolute atomic E-state index is 11.6. The van der Waals surface area contributed by atoms with Crippen molar-refractivity contribution in [3.63, 3.8) is 0 Å². The first-order valence-corrected chi connectivity index (χ1v) is 5.97. The predicted octanol–water partition coefficient (Wildman–Crippen LogP) is 0.500. The van der Waals surface area contributed by atoms with Gasteiger partial charge in [-0.05, 0) is 24.1 Å². The number of fused-ring (bicyclic) bond motifs is 1. The molecule has 0 aliphatic heterocycles. The van der Waals surface area contributed by atoms with Crippen molar-refractivity contribution in [2.75, 3.05) is 6.54 Å². The van der Waals surface area contributed by atoms with Crippen molar-refractivity contribution < 1.29 is 9.90 Å². The number of carbonyl (C=O) groups excluding carboxylic acids is 1. The molecule has 1 amide bonds. The normalized spacial score (nSPS) is 22.2. The van der Waals surface area contributed by atoms with E-state index in [1.54, 1.807) is 0 Å². The summed E-state index contributed by atoms with van der Waals surface area (Å²) in [6, 6.07) is 7.56. The third-order valence-corrected chi connectivity index (χ3v) is 3.13. The smallest absolute Gasteiger partial charge is 0.220 e. The summed E-state index contributed by atoms with van der Waals surface area (Å²) in [6.45, 7) is 0.511. The highest BCUT2D eigenvalue weighted by atomic mass is 16.3. The Kier molecular flexibility index (Phi) is 3.76. The van der Waals surface area contributed by atoms with Crippen LogP contribution in [-0.4, -0.2) is 23.7 Å². The molecule has 0 unspecified atom stereocenters. The van der Waals surface area contributed by atoms with Gasteiger partial charge in [-0.1, -0.05) is 24.3 Å². The van der Waals surface area contributed by atoms with E-state index in [1.807, 2.05) is 24.3 Å². The second-order valence-corrected chi connectivity index (χ2v) is 4.41. The molecule has 1 aromatic carbocycles. The van der Waals surface area contributed by atoms with Gasteiger partial charge in [0, 0.05) is 12.8 Å². The number of nitrogens with one attached hydrogen (secondary N) is 1. The molecule has 1 aliphatic rings. The SMILES string of the molecule is NCCCC(=O)N[C@H]1c2ccccc2C[C@H]1O. The highest BCUT2D eigenvalue weighted by Gasteiger charge is 2.31. The molecular weight excluding hydrogens is 216 g/mol. The molecular formula is C13H18N2O2. The molecule has 1 aliphatic carbocycles. The first kappa shape index (κ1) is 12.1. The van der Waals surface area contributed by atoms with Crippen LogP contribution in [0, 0.1) is 0 Å². The Morgan fingerprint density at radius 2 is 2.24 bits per heavy atom. The van der Waals surface area contributed by atoms with Crippen LogP contribution in [0.2, 0.25) is 0 Å². The number of aliphatic hydroxyl groups excluding tert-OH is 1. The molecule has 17 heavy (non-hydrogen) atoms. The van der Waals surface area contributed by atoms with Gasteiger partial charge in [0.15, 0.2) is 0 Å². The molecule has 0 aromatic heterocycles. The minimum atomic E-state index is -0.519. The van der Waals surface area contributed by atoms with E-state index in [9.17, 15) is 9.90 Å². The van der Waals surface area contributed by atoms with E-state index in [0.717, 1.165) is 11.1 Å². The van der Waals surface area contributed by atoms with E-state index in [4.69, 9.17) is 5.73 Å². The van der Waals surface area contributed by atoms with Crippen LogP contribution in [0.15, 0.2) is 24.3 Å². The summed E-state index contributed by atoms with van der Waals surface area (Å²) in [6.07, 6.45) is 1.19. The van der Waals surface area contributed by atoms with Crippen molar-refractivity contribution in [1.29, 1.82) is 0 Å². The lowest BCUT2D eigenvalue weighted by Crippen LogP contribution is -2.33. The largest absolute Gasteiger partial charge is 0.390 e. The number of rotatable bonds is 4. The molecule has 0 saturated carbocycles. The monoisotopic (exact) mass is 234 g/mol. The fourth-order valence-electron chi connectivity index (χ4n) is 2.26. The van der Waals surface area contributed by atoms with E-state index in [1.165, 1.54) is 0 Å². The summed E-state index contributed by atoms with van der Waals surface area (Å²) in [4.78, 5) is 11.6. The molecule has 0 radical (unpaired) electrons. The number of aliphatic hydroxyl groups is 1. The van der Waals surface area contributed by atoms with E-state index >= 15 is 0 Å². The lowest BCUT2D eigenvalue weighted by molar-refractivity contribution is -0.122. The van der Waals surface area contributed by atoms with E-state index in [0.29, 0.717) is 25.8 Å². The van der Waals surface area contributed by atoms with Crippen LogP contribution in [-0.2, 0) is 11.2 Å². The maximum Gasteiger partial charge on any atom is 0.220 e. The van der Waals surface area contributed by atoms with E-state index in [-0.39, 0.29) is 11.9 Å². The van der Waals surface area contributed by atoms with Crippen LogP contribution in [0.25, 0.3) is 0 Å². The molecule has 0 fully saturated rings. The van der Waals surface area contributed by atoms with Crippen LogP contribution in [0.4, 0.5) is 0 Å². The molecule has 4 N–H and O–H groups in total. The maximum atomic E-state index is 11.6. The standard InChI is InChI=1S/C13H18N2O2/c14-7-3-6-12(17)15-13-10-5-2-1-4-9(10)8-11(13)16/h1-2,4-5,11,13,16H,3,6-8,14H2,(H,15,17)/t11-,13+/m1/s1. The minimum absolute atomic E-state index is 0.0452. The lowest BCUT2D eigenvalue weighted by Gasteiger charge is -2.17. The lowest BCUT2D eigenvalue weighted by atomic mass is 10.1. The zero-order valence-electron chi connectivity index (χ0n) is 9.73. The van der Waals surface area contributed by atoms with Gasteiger partial charge >= 0.3 is 0 Å². The van der Waals surface area contributed by atoms with Crippen molar-refractivity contribution in [3.8, 4) is 0 Å². The summed E-state index contributed by atoms with van der Waals surface area (Å²) in [5.41, 5.74) is 7.50. The minimum Gasteiger partial charge on any atom is -0.390 e. The molecule has 4 nitrogen and oxygen atoms in total. The average molecular weight is 234 g/mol. The molecule has 0 spiro atoms. The Labute approximate surface area is 101 Å². The Balaban J connectivity index is 2.04. The highest BCUT2D eigenvalue weighted by molar-refractivity contribution is 5.76. The second kappa shape index (κ2) is 5.29. The zero-order valence-corrected chi connectivity index (χ0v) is 9.73. The van der Waals surface area contributed by atoms with Gasteiger partial charge in [0.05, 0.1) is 12.1 Å². The number of hydrogen-bond acceptors (Lipinski definition) is 3. The first-order valence-electron chi connectivity index (χ1n) is 5.97. The van der Waals surface area contributed by atoms with Gasteiger partial charge in [-0.2, -0.15) is 0 Å². The van der Waals surface area contributed by atoms with Crippen molar-refractivity contribution >= 4 is 5.91 Å². The van der Waals surface area contributed by atoms with Crippen molar-refractivity contribution in [3.05, 3.63) is 35.4 Å². The van der Waals surface area contributed by atoms with Crippen LogP contribution in [0.5, 0.6) is 0 Å². The van der Waals surface area contributed by atoms with Crippen LogP contribution in [0.3, 0.4) is 0 Å². The van der Waals surface area contributed by atoms with E-state index in [2.05, 4.69) is 5.32 Å².